The number of aromatic nitrogens is 4. The fraction of sp³-hybridized carbons (Fsp3) is 0.409. The van der Waals surface area contributed by atoms with E-state index in [4.69, 9.17) is 0 Å². The summed E-state index contributed by atoms with van der Waals surface area (Å²) in [5.74, 6) is 0.620. The SMILES string of the molecule is CCn1nc(C)c(CN2CCN(c3nccnc3-c3ccc(F)cc3)CC2)c1C. The Bertz CT molecular complexity index is 973. The lowest BCUT2D eigenvalue weighted by Crippen LogP contribution is -2.46. The molecule has 0 saturated carbocycles. The lowest BCUT2D eigenvalue weighted by Gasteiger charge is -2.36. The van der Waals surface area contributed by atoms with E-state index in [1.807, 2.05) is 0 Å². The lowest BCUT2D eigenvalue weighted by atomic mass is 10.1. The molecule has 0 N–H and O–H groups in total. The van der Waals surface area contributed by atoms with E-state index in [-0.39, 0.29) is 5.82 Å². The van der Waals surface area contributed by atoms with Gasteiger partial charge in [0, 0.05) is 68.5 Å². The number of hydrogen-bond donors (Lipinski definition) is 0. The highest BCUT2D eigenvalue weighted by atomic mass is 19.1. The highest BCUT2D eigenvalue weighted by molar-refractivity contribution is 5.72. The number of piperazine rings is 1. The Kier molecular flexibility index (Phi) is 5.58. The summed E-state index contributed by atoms with van der Waals surface area (Å²) in [5, 5.41) is 4.64. The topological polar surface area (TPSA) is 50.1 Å². The molecule has 0 radical (unpaired) electrons. The quantitative estimate of drug-likeness (QED) is 0.664. The summed E-state index contributed by atoms with van der Waals surface area (Å²) < 4.78 is 15.4. The summed E-state index contributed by atoms with van der Waals surface area (Å²) in [7, 11) is 0. The second kappa shape index (κ2) is 8.29. The largest absolute Gasteiger partial charge is 0.352 e. The number of rotatable bonds is 5. The molecule has 1 fully saturated rings. The minimum Gasteiger partial charge on any atom is -0.352 e. The highest BCUT2D eigenvalue weighted by Crippen LogP contribution is 2.28. The average molecular weight is 394 g/mol. The molecule has 1 saturated heterocycles. The van der Waals surface area contributed by atoms with Crippen LogP contribution in [0.1, 0.15) is 23.9 Å². The first kappa shape index (κ1) is 19.5. The van der Waals surface area contributed by atoms with E-state index in [0.29, 0.717) is 0 Å². The van der Waals surface area contributed by atoms with Gasteiger partial charge in [-0.3, -0.25) is 14.6 Å². The molecule has 0 atom stereocenters. The van der Waals surface area contributed by atoms with Gasteiger partial charge in [-0.25, -0.2) is 9.37 Å². The van der Waals surface area contributed by atoms with Gasteiger partial charge in [-0.15, -0.1) is 0 Å². The van der Waals surface area contributed by atoms with Crippen molar-refractivity contribution in [3.63, 3.8) is 0 Å². The van der Waals surface area contributed by atoms with E-state index in [1.165, 1.54) is 23.4 Å². The van der Waals surface area contributed by atoms with Gasteiger partial charge in [0.2, 0.25) is 0 Å². The fourth-order valence-electron chi connectivity index (χ4n) is 3.99. The van der Waals surface area contributed by atoms with Gasteiger partial charge in [0.15, 0.2) is 5.82 Å². The van der Waals surface area contributed by atoms with Gasteiger partial charge in [-0.1, -0.05) is 0 Å². The van der Waals surface area contributed by atoms with Crippen molar-refractivity contribution in [2.45, 2.75) is 33.9 Å². The zero-order valence-corrected chi connectivity index (χ0v) is 17.3. The van der Waals surface area contributed by atoms with Crippen molar-refractivity contribution in [3.8, 4) is 11.3 Å². The van der Waals surface area contributed by atoms with Crippen LogP contribution in [0.5, 0.6) is 0 Å². The molecule has 2 aromatic heterocycles. The summed E-state index contributed by atoms with van der Waals surface area (Å²) >= 11 is 0. The summed E-state index contributed by atoms with van der Waals surface area (Å²) in [4.78, 5) is 13.9. The molecular formula is C22H27FN6. The first-order chi connectivity index (χ1) is 14.1. The Labute approximate surface area is 171 Å². The molecule has 0 amide bonds. The summed E-state index contributed by atoms with van der Waals surface area (Å²) in [6, 6.07) is 6.45. The minimum absolute atomic E-state index is 0.246. The molecule has 4 rings (SSSR count). The molecule has 0 bridgehead atoms. The van der Waals surface area contributed by atoms with Crippen LogP contribution in [-0.2, 0) is 13.1 Å². The maximum Gasteiger partial charge on any atom is 0.155 e. The Hall–Kier alpha value is -2.80. The standard InChI is InChI=1S/C22H27FN6/c1-4-29-17(3)20(16(2)26-29)15-27-11-13-28(14-12-27)22-21(24-9-10-25-22)18-5-7-19(23)8-6-18/h5-10H,4,11-15H2,1-3H3. The van der Waals surface area contributed by atoms with E-state index in [0.717, 1.165) is 62.0 Å². The van der Waals surface area contributed by atoms with Crippen LogP contribution in [0.4, 0.5) is 10.2 Å². The van der Waals surface area contributed by atoms with Crippen molar-refractivity contribution in [3.05, 3.63) is 59.4 Å². The molecule has 0 unspecified atom stereocenters. The summed E-state index contributed by atoms with van der Waals surface area (Å²) in [6.07, 6.45) is 3.41. The average Bonchev–Trinajstić information content (AvgIpc) is 3.02. The van der Waals surface area contributed by atoms with Crippen molar-refractivity contribution >= 4 is 5.82 Å². The van der Waals surface area contributed by atoms with Gasteiger partial charge in [0.25, 0.3) is 0 Å². The summed E-state index contributed by atoms with van der Waals surface area (Å²) in [5.41, 5.74) is 5.41. The molecule has 0 aliphatic carbocycles. The van der Waals surface area contributed by atoms with Gasteiger partial charge in [-0.05, 0) is 45.0 Å². The number of nitrogens with zero attached hydrogens (tertiary/aromatic N) is 6. The second-order valence-corrected chi connectivity index (χ2v) is 7.46. The normalized spacial score (nSPS) is 15.1. The molecule has 7 heteroatoms. The molecule has 1 aliphatic rings. The monoisotopic (exact) mass is 394 g/mol. The Morgan fingerprint density at radius 3 is 2.31 bits per heavy atom. The maximum atomic E-state index is 13.3. The van der Waals surface area contributed by atoms with Gasteiger partial charge in [-0.2, -0.15) is 5.10 Å². The van der Waals surface area contributed by atoms with Crippen LogP contribution >= 0.6 is 0 Å². The number of anilines is 1. The van der Waals surface area contributed by atoms with E-state index >= 15 is 0 Å². The smallest absolute Gasteiger partial charge is 0.155 e. The van der Waals surface area contributed by atoms with Crippen LogP contribution in [0.3, 0.4) is 0 Å². The van der Waals surface area contributed by atoms with Crippen molar-refractivity contribution in [2.24, 2.45) is 0 Å². The molecular weight excluding hydrogens is 367 g/mol. The van der Waals surface area contributed by atoms with Crippen molar-refractivity contribution in [2.75, 3.05) is 31.1 Å². The molecule has 0 spiro atoms. The van der Waals surface area contributed by atoms with Crippen LogP contribution in [0, 0.1) is 19.7 Å². The zero-order valence-electron chi connectivity index (χ0n) is 17.3. The predicted molar refractivity (Wildman–Crippen MR) is 112 cm³/mol. The number of benzene rings is 1. The van der Waals surface area contributed by atoms with Crippen LogP contribution in [-0.4, -0.2) is 50.8 Å². The number of hydrogen-bond acceptors (Lipinski definition) is 5. The minimum atomic E-state index is -0.246. The lowest BCUT2D eigenvalue weighted by molar-refractivity contribution is 0.248. The van der Waals surface area contributed by atoms with Crippen molar-refractivity contribution in [1.82, 2.24) is 24.6 Å². The fourth-order valence-corrected chi connectivity index (χ4v) is 3.99. The van der Waals surface area contributed by atoms with Gasteiger partial charge in [0.05, 0.1) is 5.69 Å². The van der Waals surface area contributed by atoms with Gasteiger partial charge >= 0.3 is 0 Å². The van der Waals surface area contributed by atoms with Gasteiger partial charge < -0.3 is 4.90 Å². The second-order valence-electron chi connectivity index (χ2n) is 7.46. The molecule has 152 valence electrons. The van der Waals surface area contributed by atoms with Crippen molar-refractivity contribution in [1.29, 1.82) is 0 Å². The van der Waals surface area contributed by atoms with Crippen molar-refractivity contribution < 1.29 is 4.39 Å². The first-order valence-electron chi connectivity index (χ1n) is 10.1. The Balaban J connectivity index is 1.47. The molecule has 6 nitrogen and oxygen atoms in total. The Morgan fingerprint density at radius 1 is 0.966 bits per heavy atom. The van der Waals surface area contributed by atoms with Crippen LogP contribution in [0.25, 0.3) is 11.3 Å². The van der Waals surface area contributed by atoms with E-state index in [9.17, 15) is 4.39 Å². The highest BCUT2D eigenvalue weighted by Gasteiger charge is 2.23. The molecule has 1 aromatic carbocycles. The van der Waals surface area contributed by atoms with Gasteiger partial charge in [0.1, 0.15) is 11.5 Å². The zero-order chi connectivity index (χ0) is 20.4. The van der Waals surface area contributed by atoms with Crippen LogP contribution in [0.15, 0.2) is 36.7 Å². The number of aryl methyl sites for hydroxylation is 2. The Morgan fingerprint density at radius 2 is 1.66 bits per heavy atom. The molecule has 3 aromatic rings. The maximum absolute atomic E-state index is 13.3. The summed E-state index contributed by atoms with van der Waals surface area (Å²) in [6.45, 7) is 11.9. The molecule has 1 aliphatic heterocycles. The first-order valence-corrected chi connectivity index (χ1v) is 10.1. The number of halogens is 1. The van der Waals surface area contributed by atoms with Crippen LogP contribution in [0.2, 0.25) is 0 Å². The third-order valence-corrected chi connectivity index (χ3v) is 5.68. The third-order valence-electron chi connectivity index (χ3n) is 5.68. The van der Waals surface area contributed by atoms with Crippen LogP contribution < -0.4 is 4.90 Å². The molecule has 3 heterocycles. The van der Waals surface area contributed by atoms with E-state index < -0.39 is 0 Å². The molecule has 29 heavy (non-hydrogen) atoms. The van der Waals surface area contributed by atoms with E-state index in [2.05, 4.69) is 50.3 Å². The third kappa shape index (κ3) is 4.00. The predicted octanol–water partition coefficient (Wildman–Crippen LogP) is 3.44. The van der Waals surface area contributed by atoms with E-state index in [1.54, 1.807) is 24.5 Å².